The quantitative estimate of drug-likeness (QED) is 0.558. The van der Waals surface area contributed by atoms with Crippen LogP contribution in [0.2, 0.25) is 0 Å². The Labute approximate surface area is 154 Å². The molecule has 2 aromatic rings. The van der Waals surface area contributed by atoms with Crippen LogP contribution in [0.1, 0.15) is 29.3 Å². The first-order valence-electron chi connectivity index (χ1n) is 7.82. The summed E-state index contributed by atoms with van der Waals surface area (Å²) in [5, 5.41) is 5.67. The zero-order valence-electron chi connectivity index (χ0n) is 13.9. The number of rotatable bonds is 5. The summed E-state index contributed by atoms with van der Waals surface area (Å²) in [7, 11) is 0. The van der Waals surface area contributed by atoms with E-state index in [9.17, 15) is 18.0 Å². The Morgan fingerprint density at radius 3 is 2.35 bits per heavy atom. The minimum atomic E-state index is -4.42. The van der Waals surface area contributed by atoms with Crippen LogP contribution in [0.25, 0.3) is 0 Å². The molecule has 4 nitrogen and oxygen atoms in total. The molecule has 0 aliphatic carbocycles. The number of alkyl halides is 3. The molecule has 0 bridgehead atoms. The highest BCUT2D eigenvalue weighted by Crippen LogP contribution is 2.30. The van der Waals surface area contributed by atoms with Crippen LogP contribution in [0, 0.1) is 0 Å². The van der Waals surface area contributed by atoms with Crippen LogP contribution in [0.4, 0.5) is 24.5 Å². The Hall–Kier alpha value is -2.61. The van der Waals surface area contributed by atoms with E-state index in [1.807, 2.05) is 6.92 Å². The zero-order chi connectivity index (χ0) is 19.2. The van der Waals surface area contributed by atoms with Crippen molar-refractivity contribution in [2.45, 2.75) is 19.5 Å². The van der Waals surface area contributed by atoms with Gasteiger partial charge in [-0.05, 0) is 61.1 Å². The Balaban J connectivity index is 1.97. The van der Waals surface area contributed by atoms with Gasteiger partial charge in [0.2, 0.25) is 0 Å². The Bertz CT molecular complexity index is 777. The molecule has 2 aromatic carbocycles. The molecule has 0 atom stereocenters. The van der Waals surface area contributed by atoms with E-state index >= 15 is 0 Å². The molecule has 0 aromatic heterocycles. The highest BCUT2D eigenvalue weighted by atomic mass is 32.1. The van der Waals surface area contributed by atoms with E-state index in [1.165, 1.54) is 12.1 Å². The molecule has 0 aliphatic heterocycles. The van der Waals surface area contributed by atoms with Crippen molar-refractivity contribution in [3.63, 3.8) is 0 Å². The van der Waals surface area contributed by atoms with Gasteiger partial charge in [0.25, 0.3) is 0 Å². The fourth-order valence-corrected chi connectivity index (χ4v) is 2.27. The Kier molecular flexibility index (Phi) is 6.57. The van der Waals surface area contributed by atoms with Crippen molar-refractivity contribution in [1.82, 2.24) is 0 Å². The van der Waals surface area contributed by atoms with Crippen molar-refractivity contribution >= 4 is 34.7 Å². The summed E-state index contributed by atoms with van der Waals surface area (Å²) in [6, 6.07) is 11.1. The number of carbonyl (C=O) groups excluding carboxylic acids is 1. The summed E-state index contributed by atoms with van der Waals surface area (Å²) in [6.07, 6.45) is -3.68. The predicted molar refractivity (Wildman–Crippen MR) is 98.3 cm³/mol. The van der Waals surface area contributed by atoms with Gasteiger partial charge in [-0.2, -0.15) is 13.2 Å². The maximum atomic E-state index is 12.7. The topological polar surface area (TPSA) is 50.4 Å². The van der Waals surface area contributed by atoms with Gasteiger partial charge in [-0.25, -0.2) is 4.79 Å². The molecule has 0 saturated heterocycles. The first-order valence-corrected chi connectivity index (χ1v) is 8.23. The number of hydrogen-bond acceptors (Lipinski definition) is 3. The van der Waals surface area contributed by atoms with Crippen LogP contribution in [-0.2, 0) is 10.9 Å². The number of ether oxygens (including phenoxy) is 1. The molecule has 138 valence electrons. The summed E-state index contributed by atoms with van der Waals surface area (Å²) in [5.74, 6) is -0.414. The monoisotopic (exact) mass is 382 g/mol. The molecular formula is C18H17F3N2O2S. The summed E-state index contributed by atoms with van der Waals surface area (Å²) in [6.45, 7) is 2.25. The maximum absolute atomic E-state index is 12.7. The van der Waals surface area contributed by atoms with Crippen molar-refractivity contribution in [1.29, 1.82) is 0 Å². The van der Waals surface area contributed by atoms with Crippen LogP contribution in [-0.4, -0.2) is 17.7 Å². The van der Waals surface area contributed by atoms with Crippen LogP contribution in [0.5, 0.6) is 0 Å². The van der Waals surface area contributed by atoms with Crippen molar-refractivity contribution in [2.24, 2.45) is 0 Å². The second-order valence-corrected chi connectivity index (χ2v) is 5.78. The smallest absolute Gasteiger partial charge is 0.416 e. The molecule has 2 N–H and O–H groups in total. The molecule has 0 heterocycles. The lowest BCUT2D eigenvalue weighted by molar-refractivity contribution is -0.137. The summed E-state index contributed by atoms with van der Waals surface area (Å²) in [5.41, 5.74) is 0.444. The second-order valence-electron chi connectivity index (χ2n) is 5.37. The number of carbonyl (C=O) groups is 1. The van der Waals surface area contributed by atoms with Crippen LogP contribution < -0.4 is 10.6 Å². The first kappa shape index (κ1) is 19.7. The number of thiocarbonyl (C=S) groups is 1. The lowest BCUT2D eigenvalue weighted by Gasteiger charge is -2.13. The number of esters is 1. The molecule has 0 saturated carbocycles. The van der Waals surface area contributed by atoms with E-state index in [2.05, 4.69) is 10.6 Å². The molecule has 2 rings (SSSR count). The minimum absolute atomic E-state index is 0.130. The Morgan fingerprint density at radius 2 is 1.73 bits per heavy atom. The average Bonchev–Trinajstić information content (AvgIpc) is 2.59. The van der Waals surface area contributed by atoms with E-state index in [-0.39, 0.29) is 10.8 Å². The second kappa shape index (κ2) is 8.66. The van der Waals surface area contributed by atoms with Gasteiger partial charge in [-0.3, -0.25) is 0 Å². The van der Waals surface area contributed by atoms with Crippen LogP contribution >= 0.6 is 12.2 Å². The Morgan fingerprint density at radius 1 is 1.08 bits per heavy atom. The van der Waals surface area contributed by atoms with Crippen LogP contribution in [0.15, 0.2) is 48.5 Å². The molecule has 26 heavy (non-hydrogen) atoms. The third kappa shape index (κ3) is 5.73. The van der Waals surface area contributed by atoms with Gasteiger partial charge >= 0.3 is 12.1 Å². The molecule has 0 spiro atoms. The fourth-order valence-electron chi connectivity index (χ4n) is 2.03. The molecule has 0 radical (unpaired) electrons. The number of hydrogen-bond donors (Lipinski definition) is 2. The van der Waals surface area contributed by atoms with Crippen molar-refractivity contribution in [3.05, 3.63) is 59.7 Å². The summed E-state index contributed by atoms with van der Waals surface area (Å²) in [4.78, 5) is 11.7. The van der Waals surface area contributed by atoms with E-state index in [0.717, 1.165) is 18.6 Å². The van der Waals surface area contributed by atoms with Crippen molar-refractivity contribution in [3.8, 4) is 0 Å². The highest BCUT2D eigenvalue weighted by molar-refractivity contribution is 7.80. The third-order valence-electron chi connectivity index (χ3n) is 3.26. The molecular weight excluding hydrogens is 365 g/mol. The molecule has 0 unspecified atom stereocenters. The van der Waals surface area contributed by atoms with Gasteiger partial charge in [-0.1, -0.05) is 13.0 Å². The van der Waals surface area contributed by atoms with Gasteiger partial charge in [0.1, 0.15) is 0 Å². The van der Waals surface area contributed by atoms with Gasteiger partial charge in [-0.15, -0.1) is 0 Å². The predicted octanol–water partition coefficient (Wildman–Crippen LogP) is 5.08. The molecule has 0 fully saturated rings. The minimum Gasteiger partial charge on any atom is -0.462 e. The van der Waals surface area contributed by atoms with E-state index < -0.39 is 17.7 Å². The molecule has 0 aliphatic rings. The number of nitrogens with one attached hydrogen (secondary N) is 2. The highest BCUT2D eigenvalue weighted by Gasteiger charge is 2.30. The van der Waals surface area contributed by atoms with E-state index in [4.69, 9.17) is 17.0 Å². The first-order chi connectivity index (χ1) is 12.3. The SMILES string of the molecule is CCCOC(=O)c1ccc(NC(=S)Nc2cccc(C(F)(F)F)c2)cc1. The normalized spacial score (nSPS) is 10.9. The van der Waals surface area contributed by atoms with Gasteiger partial charge in [0.05, 0.1) is 17.7 Å². The molecule has 8 heteroatoms. The van der Waals surface area contributed by atoms with E-state index in [1.54, 1.807) is 24.3 Å². The van der Waals surface area contributed by atoms with Crippen molar-refractivity contribution < 1.29 is 22.7 Å². The largest absolute Gasteiger partial charge is 0.462 e. The fraction of sp³-hybridized carbons (Fsp3) is 0.222. The number of anilines is 2. The van der Waals surface area contributed by atoms with Gasteiger partial charge < -0.3 is 15.4 Å². The van der Waals surface area contributed by atoms with Crippen molar-refractivity contribution in [2.75, 3.05) is 17.2 Å². The standard InChI is InChI=1S/C18H17F3N2O2S/c1-2-10-25-16(24)12-6-8-14(9-7-12)22-17(26)23-15-5-3-4-13(11-15)18(19,20)21/h3-9,11H,2,10H2,1H3,(H2,22,23,26). The van der Waals surface area contributed by atoms with E-state index in [0.29, 0.717) is 17.9 Å². The maximum Gasteiger partial charge on any atom is 0.416 e. The lowest BCUT2D eigenvalue weighted by Crippen LogP contribution is -2.19. The van der Waals surface area contributed by atoms with Crippen LogP contribution in [0.3, 0.4) is 0 Å². The summed E-state index contributed by atoms with van der Waals surface area (Å²) < 4.78 is 43.2. The molecule has 0 amide bonds. The average molecular weight is 382 g/mol. The zero-order valence-corrected chi connectivity index (χ0v) is 14.7. The number of benzene rings is 2. The van der Waals surface area contributed by atoms with Gasteiger partial charge in [0.15, 0.2) is 5.11 Å². The van der Waals surface area contributed by atoms with Gasteiger partial charge in [0, 0.05) is 11.4 Å². The summed E-state index contributed by atoms with van der Waals surface area (Å²) >= 11 is 5.10. The lowest BCUT2D eigenvalue weighted by atomic mass is 10.2. The third-order valence-corrected chi connectivity index (χ3v) is 3.47. The number of halogens is 3.